The van der Waals surface area contributed by atoms with Crippen molar-refractivity contribution in [2.45, 2.75) is 0 Å². The van der Waals surface area contributed by atoms with Crippen molar-refractivity contribution in [2.75, 3.05) is 21.3 Å². The van der Waals surface area contributed by atoms with Gasteiger partial charge in [-0.25, -0.2) is 0 Å². The number of hydrogen-bond donors (Lipinski definition) is 3. The van der Waals surface area contributed by atoms with E-state index >= 15 is 0 Å². The minimum atomic E-state index is -0.567. The number of rotatable bonds is 4. The Labute approximate surface area is 147 Å². The lowest BCUT2D eigenvalue weighted by Gasteiger charge is -2.14. The third-order valence-electron chi connectivity index (χ3n) is 3.91. The molecule has 0 spiro atoms. The second kappa shape index (κ2) is 6.40. The Morgan fingerprint density at radius 1 is 0.885 bits per heavy atom. The SMILES string of the molecule is COc1cc(-c2cc(=O)c3c(O)c(OC)c(O)c(OC)c3o2)ccc1O. The van der Waals surface area contributed by atoms with Gasteiger partial charge in [0.25, 0.3) is 0 Å². The third kappa shape index (κ3) is 2.52. The van der Waals surface area contributed by atoms with Crippen molar-refractivity contribution >= 4 is 11.0 Å². The first kappa shape index (κ1) is 17.3. The van der Waals surface area contributed by atoms with Crippen molar-refractivity contribution in [2.24, 2.45) is 0 Å². The Morgan fingerprint density at radius 2 is 1.58 bits per heavy atom. The quantitative estimate of drug-likeness (QED) is 0.650. The fourth-order valence-electron chi connectivity index (χ4n) is 2.67. The minimum Gasteiger partial charge on any atom is -0.504 e. The van der Waals surface area contributed by atoms with Crippen LogP contribution in [0.25, 0.3) is 22.3 Å². The maximum atomic E-state index is 12.6. The first-order chi connectivity index (χ1) is 12.4. The molecule has 1 heterocycles. The smallest absolute Gasteiger partial charge is 0.208 e. The third-order valence-corrected chi connectivity index (χ3v) is 3.91. The summed E-state index contributed by atoms with van der Waals surface area (Å²) in [5.74, 6) is -1.24. The number of methoxy groups -OCH3 is 3. The molecular weight excluding hydrogens is 344 g/mol. The summed E-state index contributed by atoms with van der Waals surface area (Å²) in [6, 6.07) is 5.56. The summed E-state index contributed by atoms with van der Waals surface area (Å²) in [4.78, 5) is 12.6. The molecule has 0 amide bonds. The highest BCUT2D eigenvalue weighted by atomic mass is 16.5. The lowest BCUT2D eigenvalue weighted by Crippen LogP contribution is -2.03. The number of phenols is 3. The molecule has 3 aromatic rings. The van der Waals surface area contributed by atoms with Gasteiger partial charge < -0.3 is 33.9 Å². The van der Waals surface area contributed by atoms with Gasteiger partial charge in [-0.05, 0) is 18.2 Å². The zero-order valence-electron chi connectivity index (χ0n) is 14.2. The summed E-state index contributed by atoms with van der Waals surface area (Å²) in [5, 5.41) is 30.0. The number of benzene rings is 2. The average Bonchev–Trinajstić information content (AvgIpc) is 2.62. The molecule has 2 aromatic carbocycles. The van der Waals surface area contributed by atoms with Crippen LogP contribution in [-0.4, -0.2) is 36.6 Å². The Kier molecular flexibility index (Phi) is 4.25. The van der Waals surface area contributed by atoms with Crippen LogP contribution >= 0.6 is 0 Å². The van der Waals surface area contributed by atoms with Crippen molar-refractivity contribution < 1.29 is 33.9 Å². The van der Waals surface area contributed by atoms with Gasteiger partial charge in [0, 0.05) is 11.6 Å². The molecule has 136 valence electrons. The van der Waals surface area contributed by atoms with Crippen molar-refractivity contribution in [3.63, 3.8) is 0 Å². The monoisotopic (exact) mass is 360 g/mol. The van der Waals surface area contributed by atoms with Crippen LogP contribution in [-0.2, 0) is 0 Å². The van der Waals surface area contributed by atoms with E-state index in [9.17, 15) is 20.1 Å². The molecule has 8 heteroatoms. The second-order valence-corrected chi connectivity index (χ2v) is 5.33. The Balaban J connectivity index is 2.37. The number of ether oxygens (including phenoxy) is 3. The summed E-state index contributed by atoms with van der Waals surface area (Å²) < 4.78 is 20.8. The Bertz CT molecular complexity index is 1050. The van der Waals surface area contributed by atoms with Crippen LogP contribution in [0, 0.1) is 0 Å². The fraction of sp³-hybridized carbons (Fsp3) is 0.167. The highest BCUT2D eigenvalue weighted by molar-refractivity contribution is 5.95. The lowest BCUT2D eigenvalue weighted by atomic mass is 10.1. The average molecular weight is 360 g/mol. The van der Waals surface area contributed by atoms with Crippen LogP contribution in [0.15, 0.2) is 33.5 Å². The van der Waals surface area contributed by atoms with Crippen molar-refractivity contribution in [3.05, 3.63) is 34.5 Å². The van der Waals surface area contributed by atoms with E-state index < -0.39 is 16.9 Å². The Hall–Kier alpha value is -3.55. The normalized spacial score (nSPS) is 10.7. The van der Waals surface area contributed by atoms with Gasteiger partial charge in [-0.3, -0.25) is 4.79 Å². The number of aromatic hydroxyl groups is 3. The maximum absolute atomic E-state index is 12.6. The molecule has 3 rings (SSSR count). The first-order valence-electron chi connectivity index (χ1n) is 7.44. The summed E-state index contributed by atoms with van der Waals surface area (Å²) in [5.41, 5.74) is -0.268. The molecule has 0 radical (unpaired) electrons. The highest BCUT2D eigenvalue weighted by Crippen LogP contribution is 2.49. The second-order valence-electron chi connectivity index (χ2n) is 5.33. The first-order valence-corrected chi connectivity index (χ1v) is 7.44. The van der Waals surface area contributed by atoms with Crippen molar-refractivity contribution in [1.82, 2.24) is 0 Å². The van der Waals surface area contributed by atoms with Gasteiger partial charge in [0.1, 0.15) is 11.1 Å². The largest absolute Gasteiger partial charge is 0.504 e. The van der Waals surface area contributed by atoms with Gasteiger partial charge in [-0.15, -0.1) is 0 Å². The van der Waals surface area contributed by atoms with E-state index in [4.69, 9.17) is 18.6 Å². The molecular formula is C18H16O8. The molecule has 1 aromatic heterocycles. The van der Waals surface area contributed by atoms with Crippen LogP contribution in [0.5, 0.6) is 34.5 Å². The molecule has 0 fully saturated rings. The molecule has 0 unspecified atom stereocenters. The van der Waals surface area contributed by atoms with Gasteiger partial charge in [0.15, 0.2) is 28.3 Å². The maximum Gasteiger partial charge on any atom is 0.208 e. The molecule has 0 aliphatic carbocycles. The Morgan fingerprint density at radius 3 is 2.19 bits per heavy atom. The summed E-state index contributed by atoms with van der Waals surface area (Å²) in [6.45, 7) is 0. The zero-order chi connectivity index (χ0) is 19.0. The van der Waals surface area contributed by atoms with E-state index in [-0.39, 0.29) is 39.7 Å². The van der Waals surface area contributed by atoms with E-state index in [2.05, 4.69) is 0 Å². The summed E-state index contributed by atoms with van der Waals surface area (Å²) in [7, 11) is 3.90. The summed E-state index contributed by atoms with van der Waals surface area (Å²) >= 11 is 0. The van der Waals surface area contributed by atoms with Crippen LogP contribution in [0.3, 0.4) is 0 Å². The highest BCUT2D eigenvalue weighted by Gasteiger charge is 2.25. The molecule has 8 nitrogen and oxygen atoms in total. The van der Waals surface area contributed by atoms with Crippen LogP contribution < -0.4 is 19.6 Å². The van der Waals surface area contributed by atoms with Gasteiger partial charge in [0.2, 0.25) is 17.2 Å². The van der Waals surface area contributed by atoms with Crippen molar-refractivity contribution in [3.8, 4) is 45.8 Å². The number of fused-ring (bicyclic) bond motifs is 1. The van der Waals surface area contributed by atoms with Gasteiger partial charge in [-0.1, -0.05) is 0 Å². The number of hydrogen-bond acceptors (Lipinski definition) is 8. The molecule has 0 atom stereocenters. The van der Waals surface area contributed by atoms with E-state index in [1.807, 2.05) is 0 Å². The fourth-order valence-corrected chi connectivity index (χ4v) is 2.67. The molecule has 0 saturated carbocycles. The molecule has 0 aliphatic heterocycles. The standard InChI is InChI=1S/C18H16O8/c1-23-12-6-8(4-5-9(12)19)11-7-10(20)13-14(21)17(24-2)15(22)18(25-3)16(13)26-11/h4-7,19,21-22H,1-3H3. The molecule has 0 saturated heterocycles. The summed E-state index contributed by atoms with van der Waals surface area (Å²) in [6.07, 6.45) is 0. The topological polar surface area (TPSA) is 119 Å². The predicted octanol–water partition coefficient (Wildman–Crippen LogP) is 2.60. The molecule has 0 aliphatic rings. The lowest BCUT2D eigenvalue weighted by molar-refractivity contribution is 0.323. The van der Waals surface area contributed by atoms with Gasteiger partial charge >= 0.3 is 0 Å². The van der Waals surface area contributed by atoms with Crippen LogP contribution in [0.1, 0.15) is 0 Å². The van der Waals surface area contributed by atoms with E-state index in [1.54, 1.807) is 0 Å². The van der Waals surface area contributed by atoms with Gasteiger partial charge in [-0.2, -0.15) is 0 Å². The van der Waals surface area contributed by atoms with E-state index in [1.165, 1.54) is 45.6 Å². The number of phenolic OH excluding ortho intramolecular Hbond substituents is 3. The van der Waals surface area contributed by atoms with E-state index in [0.29, 0.717) is 5.56 Å². The molecule has 3 N–H and O–H groups in total. The van der Waals surface area contributed by atoms with E-state index in [0.717, 1.165) is 0 Å². The van der Waals surface area contributed by atoms with Crippen molar-refractivity contribution in [1.29, 1.82) is 0 Å². The molecule has 26 heavy (non-hydrogen) atoms. The van der Waals surface area contributed by atoms with Crippen LogP contribution in [0.4, 0.5) is 0 Å². The predicted molar refractivity (Wildman–Crippen MR) is 92.6 cm³/mol. The molecule has 0 bridgehead atoms. The van der Waals surface area contributed by atoms with Crippen LogP contribution in [0.2, 0.25) is 0 Å². The minimum absolute atomic E-state index is 0.0722. The van der Waals surface area contributed by atoms with Gasteiger partial charge in [0.05, 0.1) is 21.3 Å². The zero-order valence-corrected chi connectivity index (χ0v) is 14.2.